The van der Waals surface area contributed by atoms with E-state index in [-0.39, 0.29) is 0 Å². The third kappa shape index (κ3) is 1.98. The molecular weight excluding hydrogens is 170 g/mol. The summed E-state index contributed by atoms with van der Waals surface area (Å²) in [4.78, 5) is 0. The molecule has 2 rings (SSSR count). The first kappa shape index (κ1) is 9.72. The molecule has 0 aliphatic heterocycles. The van der Waals surface area contributed by atoms with Gasteiger partial charge in [-0.05, 0) is 49.4 Å². The van der Waals surface area contributed by atoms with Crippen LogP contribution in [-0.2, 0) is 6.42 Å². The molecule has 0 aromatic heterocycles. The van der Waals surface area contributed by atoms with Crippen molar-refractivity contribution in [1.82, 2.24) is 5.32 Å². The van der Waals surface area contributed by atoms with Crippen LogP contribution in [0, 0.1) is 0 Å². The number of hydrogen-bond acceptors (Lipinski definition) is 1. The summed E-state index contributed by atoms with van der Waals surface area (Å²) in [5, 5.41) is 3.46. The zero-order chi connectivity index (χ0) is 9.80. The summed E-state index contributed by atoms with van der Waals surface area (Å²) in [7, 11) is 0. The van der Waals surface area contributed by atoms with Gasteiger partial charge in [0, 0.05) is 0 Å². The van der Waals surface area contributed by atoms with E-state index in [9.17, 15) is 0 Å². The Morgan fingerprint density at radius 2 is 2.14 bits per heavy atom. The zero-order valence-corrected chi connectivity index (χ0v) is 8.92. The lowest BCUT2D eigenvalue weighted by Gasteiger charge is -2.30. The average Bonchev–Trinajstić information content (AvgIpc) is 2.19. The molecule has 1 aliphatic rings. The predicted molar refractivity (Wildman–Crippen MR) is 60.7 cm³/mol. The van der Waals surface area contributed by atoms with Crippen LogP contribution in [0.2, 0.25) is 0 Å². The van der Waals surface area contributed by atoms with E-state index in [1.54, 1.807) is 11.1 Å². The third-order valence-corrected chi connectivity index (χ3v) is 3.06. The van der Waals surface area contributed by atoms with Gasteiger partial charge >= 0.3 is 0 Å². The number of hydrogen-bond donors (Lipinski definition) is 1. The van der Waals surface area contributed by atoms with Gasteiger partial charge in [0.15, 0.2) is 0 Å². The first-order chi connectivity index (χ1) is 6.92. The van der Waals surface area contributed by atoms with Crippen molar-refractivity contribution in [3.8, 4) is 0 Å². The van der Waals surface area contributed by atoms with Gasteiger partial charge in [0.25, 0.3) is 0 Å². The van der Waals surface area contributed by atoms with Gasteiger partial charge in [0.2, 0.25) is 0 Å². The highest BCUT2D eigenvalue weighted by Gasteiger charge is 2.24. The highest BCUT2D eigenvalue weighted by molar-refractivity contribution is 5.39. The predicted octanol–water partition coefficient (Wildman–Crippen LogP) is 2.72. The van der Waals surface area contributed by atoms with Crippen molar-refractivity contribution in [2.75, 3.05) is 13.1 Å². The minimum atomic E-state index is 0.829. The Kier molecular flexibility index (Phi) is 3.20. The first-order valence-electron chi connectivity index (χ1n) is 5.70. The largest absolute Gasteiger partial charge is 0.317 e. The summed E-state index contributed by atoms with van der Waals surface area (Å²) >= 11 is 0. The molecular formula is C13H19N. The van der Waals surface area contributed by atoms with Gasteiger partial charge < -0.3 is 5.32 Å². The Balaban J connectivity index is 1.76. The lowest BCUT2D eigenvalue weighted by atomic mass is 9.76. The summed E-state index contributed by atoms with van der Waals surface area (Å²) in [5.74, 6) is 0.829. The maximum absolute atomic E-state index is 3.46. The fraction of sp³-hybridized carbons (Fsp3) is 0.538. The van der Waals surface area contributed by atoms with Crippen LogP contribution in [0.25, 0.3) is 0 Å². The van der Waals surface area contributed by atoms with E-state index in [1.807, 2.05) is 0 Å². The second-order valence-electron chi connectivity index (χ2n) is 4.14. The summed E-state index contributed by atoms with van der Waals surface area (Å²) in [6, 6.07) is 8.84. The van der Waals surface area contributed by atoms with Crippen LogP contribution in [0.15, 0.2) is 24.3 Å². The molecule has 1 aromatic rings. The molecule has 76 valence electrons. The molecule has 1 unspecified atom stereocenters. The molecule has 1 aromatic carbocycles. The van der Waals surface area contributed by atoms with E-state index >= 15 is 0 Å². The SMILES string of the molecule is CCCNCCC1Cc2ccccc21. The molecule has 14 heavy (non-hydrogen) atoms. The fourth-order valence-electron chi connectivity index (χ4n) is 2.20. The van der Waals surface area contributed by atoms with E-state index in [1.165, 1.54) is 25.8 Å². The van der Waals surface area contributed by atoms with Crippen LogP contribution in [0.4, 0.5) is 0 Å². The van der Waals surface area contributed by atoms with E-state index in [0.29, 0.717) is 0 Å². The summed E-state index contributed by atoms with van der Waals surface area (Å²) in [5.41, 5.74) is 3.15. The molecule has 1 heteroatoms. The smallest absolute Gasteiger partial charge is 0.00430 e. The Bertz CT molecular complexity index is 293. The highest BCUT2D eigenvalue weighted by atomic mass is 14.8. The second kappa shape index (κ2) is 4.61. The minimum Gasteiger partial charge on any atom is -0.317 e. The monoisotopic (exact) mass is 189 g/mol. The van der Waals surface area contributed by atoms with Crippen molar-refractivity contribution in [3.05, 3.63) is 35.4 Å². The molecule has 1 aliphatic carbocycles. The van der Waals surface area contributed by atoms with Gasteiger partial charge in [-0.2, -0.15) is 0 Å². The quantitative estimate of drug-likeness (QED) is 0.702. The fourth-order valence-corrected chi connectivity index (χ4v) is 2.20. The van der Waals surface area contributed by atoms with Gasteiger partial charge in [-0.15, -0.1) is 0 Å². The highest BCUT2D eigenvalue weighted by Crippen LogP contribution is 2.36. The molecule has 0 spiro atoms. The van der Waals surface area contributed by atoms with Crippen molar-refractivity contribution >= 4 is 0 Å². The molecule has 0 heterocycles. The maximum Gasteiger partial charge on any atom is -0.00430 e. The summed E-state index contributed by atoms with van der Waals surface area (Å²) in [6.07, 6.45) is 3.84. The van der Waals surface area contributed by atoms with Gasteiger partial charge in [-0.3, -0.25) is 0 Å². The van der Waals surface area contributed by atoms with Gasteiger partial charge in [0.1, 0.15) is 0 Å². The number of benzene rings is 1. The molecule has 1 nitrogen and oxygen atoms in total. The zero-order valence-electron chi connectivity index (χ0n) is 8.92. The second-order valence-corrected chi connectivity index (χ2v) is 4.14. The van der Waals surface area contributed by atoms with Gasteiger partial charge in [-0.1, -0.05) is 31.2 Å². The van der Waals surface area contributed by atoms with Crippen molar-refractivity contribution in [2.24, 2.45) is 0 Å². The minimum absolute atomic E-state index is 0.829. The molecule has 1 N–H and O–H groups in total. The number of nitrogens with one attached hydrogen (secondary N) is 1. The maximum atomic E-state index is 3.46. The molecule has 0 saturated carbocycles. The lowest BCUT2D eigenvalue weighted by molar-refractivity contribution is 0.523. The van der Waals surface area contributed by atoms with Gasteiger partial charge in [-0.25, -0.2) is 0 Å². The Labute approximate surface area is 86.5 Å². The van der Waals surface area contributed by atoms with Crippen molar-refractivity contribution in [1.29, 1.82) is 0 Å². The third-order valence-electron chi connectivity index (χ3n) is 3.06. The average molecular weight is 189 g/mol. The lowest BCUT2D eigenvalue weighted by Crippen LogP contribution is -2.23. The van der Waals surface area contributed by atoms with Crippen LogP contribution >= 0.6 is 0 Å². The summed E-state index contributed by atoms with van der Waals surface area (Å²) in [6.45, 7) is 4.55. The molecule has 0 radical (unpaired) electrons. The Hall–Kier alpha value is -0.820. The molecule has 0 bridgehead atoms. The number of fused-ring (bicyclic) bond motifs is 1. The molecule has 0 amide bonds. The molecule has 0 fully saturated rings. The topological polar surface area (TPSA) is 12.0 Å². The molecule has 0 saturated heterocycles. The van der Waals surface area contributed by atoms with E-state index in [2.05, 4.69) is 36.5 Å². The van der Waals surface area contributed by atoms with Crippen LogP contribution in [-0.4, -0.2) is 13.1 Å². The van der Waals surface area contributed by atoms with Crippen molar-refractivity contribution in [3.63, 3.8) is 0 Å². The van der Waals surface area contributed by atoms with Crippen LogP contribution in [0.3, 0.4) is 0 Å². The standard InChI is InChI=1S/C13H19N/c1-2-8-14-9-7-12-10-11-5-3-4-6-13(11)12/h3-6,12,14H,2,7-10H2,1H3. The van der Waals surface area contributed by atoms with Crippen LogP contribution < -0.4 is 5.32 Å². The van der Waals surface area contributed by atoms with Crippen molar-refractivity contribution in [2.45, 2.75) is 32.1 Å². The van der Waals surface area contributed by atoms with Gasteiger partial charge in [0.05, 0.1) is 0 Å². The van der Waals surface area contributed by atoms with Crippen LogP contribution in [0.5, 0.6) is 0 Å². The Morgan fingerprint density at radius 3 is 2.93 bits per heavy atom. The Morgan fingerprint density at radius 1 is 1.29 bits per heavy atom. The van der Waals surface area contributed by atoms with Crippen molar-refractivity contribution < 1.29 is 0 Å². The van der Waals surface area contributed by atoms with E-state index in [0.717, 1.165) is 12.5 Å². The normalized spacial score (nSPS) is 18.8. The van der Waals surface area contributed by atoms with E-state index < -0.39 is 0 Å². The number of rotatable bonds is 5. The molecule has 1 atom stereocenters. The summed E-state index contributed by atoms with van der Waals surface area (Å²) < 4.78 is 0. The first-order valence-corrected chi connectivity index (χ1v) is 5.70. The van der Waals surface area contributed by atoms with Crippen LogP contribution in [0.1, 0.15) is 36.8 Å². The van der Waals surface area contributed by atoms with E-state index in [4.69, 9.17) is 0 Å².